The van der Waals surface area contributed by atoms with Crippen LogP contribution in [0.15, 0.2) is 60.8 Å². The molecule has 2 N–H and O–H groups in total. The van der Waals surface area contributed by atoms with Gasteiger partial charge in [-0.05, 0) is 42.5 Å². The molecule has 0 aliphatic carbocycles. The van der Waals surface area contributed by atoms with Crippen molar-refractivity contribution in [3.8, 4) is 0 Å². The zero-order chi connectivity index (χ0) is 20.3. The number of nitrogens with zero attached hydrogens (tertiary/aromatic N) is 1. The van der Waals surface area contributed by atoms with Crippen LogP contribution < -0.4 is 10.6 Å². The SMILES string of the molecule is O=C(Nc1cccc(C(F)(F)F)c1)c1cc(Nc2c(F)cccc2F)ccn1. The van der Waals surface area contributed by atoms with Gasteiger partial charge in [0.25, 0.3) is 5.91 Å². The molecule has 144 valence electrons. The smallest absolute Gasteiger partial charge is 0.351 e. The number of amides is 1. The van der Waals surface area contributed by atoms with Crippen LogP contribution in [0.1, 0.15) is 16.1 Å². The van der Waals surface area contributed by atoms with E-state index in [1.54, 1.807) is 0 Å². The van der Waals surface area contributed by atoms with Gasteiger partial charge < -0.3 is 10.6 Å². The highest BCUT2D eigenvalue weighted by Crippen LogP contribution is 2.30. The highest BCUT2D eigenvalue weighted by atomic mass is 19.4. The minimum atomic E-state index is -4.55. The van der Waals surface area contributed by atoms with Crippen LogP contribution in [0.5, 0.6) is 0 Å². The molecule has 0 saturated carbocycles. The first-order valence-corrected chi connectivity index (χ1v) is 7.90. The molecular formula is C19H12F5N3O. The maximum absolute atomic E-state index is 13.7. The second kappa shape index (κ2) is 7.63. The summed E-state index contributed by atoms with van der Waals surface area (Å²) in [6.45, 7) is 0. The Labute approximate surface area is 156 Å². The second-order valence-corrected chi connectivity index (χ2v) is 5.68. The molecule has 0 bridgehead atoms. The van der Waals surface area contributed by atoms with E-state index in [1.165, 1.54) is 30.5 Å². The number of pyridine rings is 1. The number of carbonyl (C=O) groups excluding carboxylic acids is 1. The lowest BCUT2D eigenvalue weighted by Gasteiger charge is -2.11. The molecule has 4 nitrogen and oxygen atoms in total. The van der Waals surface area contributed by atoms with E-state index in [-0.39, 0.29) is 17.1 Å². The average molecular weight is 393 g/mol. The molecule has 1 heterocycles. The number of nitrogens with one attached hydrogen (secondary N) is 2. The number of alkyl halides is 3. The van der Waals surface area contributed by atoms with Crippen LogP contribution in [0.3, 0.4) is 0 Å². The molecule has 0 fully saturated rings. The molecule has 0 atom stereocenters. The Kier molecular flexibility index (Phi) is 5.25. The fourth-order valence-corrected chi connectivity index (χ4v) is 2.36. The first kappa shape index (κ1) is 19.3. The highest BCUT2D eigenvalue weighted by molar-refractivity contribution is 6.03. The Hall–Kier alpha value is -3.49. The monoisotopic (exact) mass is 393 g/mol. The second-order valence-electron chi connectivity index (χ2n) is 5.68. The van der Waals surface area contributed by atoms with E-state index in [2.05, 4.69) is 15.6 Å². The normalized spacial score (nSPS) is 11.2. The van der Waals surface area contributed by atoms with E-state index < -0.39 is 35.0 Å². The van der Waals surface area contributed by atoms with Crippen LogP contribution in [0, 0.1) is 11.6 Å². The average Bonchev–Trinajstić information content (AvgIpc) is 2.65. The number of benzene rings is 2. The molecule has 0 aliphatic rings. The van der Waals surface area contributed by atoms with Gasteiger partial charge in [-0.25, -0.2) is 8.78 Å². The van der Waals surface area contributed by atoms with Gasteiger partial charge in [0.05, 0.1) is 5.56 Å². The van der Waals surface area contributed by atoms with E-state index in [0.29, 0.717) is 0 Å². The largest absolute Gasteiger partial charge is 0.416 e. The van der Waals surface area contributed by atoms with Gasteiger partial charge in [0.15, 0.2) is 0 Å². The quantitative estimate of drug-likeness (QED) is 0.586. The topological polar surface area (TPSA) is 54.0 Å². The zero-order valence-electron chi connectivity index (χ0n) is 14.0. The van der Waals surface area contributed by atoms with Crippen molar-refractivity contribution in [2.45, 2.75) is 6.18 Å². The summed E-state index contributed by atoms with van der Waals surface area (Å²) >= 11 is 0. The predicted molar refractivity (Wildman–Crippen MR) is 93.3 cm³/mol. The van der Waals surface area contributed by atoms with Crippen LogP contribution in [-0.4, -0.2) is 10.9 Å². The summed E-state index contributed by atoms with van der Waals surface area (Å²) in [5.41, 5.74) is -1.37. The summed E-state index contributed by atoms with van der Waals surface area (Å²) < 4.78 is 65.7. The first-order chi connectivity index (χ1) is 13.2. The van der Waals surface area contributed by atoms with Crippen molar-refractivity contribution in [1.29, 1.82) is 0 Å². The minimum absolute atomic E-state index is 0.0693. The van der Waals surface area contributed by atoms with Gasteiger partial charge in [0.1, 0.15) is 23.0 Å². The molecule has 0 unspecified atom stereocenters. The maximum atomic E-state index is 13.7. The maximum Gasteiger partial charge on any atom is 0.416 e. The predicted octanol–water partition coefficient (Wildman–Crippen LogP) is 5.37. The summed E-state index contributed by atoms with van der Waals surface area (Å²) in [6, 6.07) is 10.0. The first-order valence-electron chi connectivity index (χ1n) is 7.90. The van der Waals surface area contributed by atoms with Gasteiger partial charge in [0, 0.05) is 17.6 Å². The molecule has 0 radical (unpaired) electrons. The van der Waals surface area contributed by atoms with Crippen molar-refractivity contribution in [3.63, 3.8) is 0 Å². The summed E-state index contributed by atoms with van der Waals surface area (Å²) in [5.74, 6) is -2.43. The fraction of sp³-hybridized carbons (Fsp3) is 0.0526. The van der Waals surface area contributed by atoms with E-state index in [0.717, 1.165) is 30.3 Å². The Morgan fingerprint density at radius 1 is 0.893 bits per heavy atom. The third-order valence-corrected chi connectivity index (χ3v) is 3.67. The van der Waals surface area contributed by atoms with Gasteiger partial charge in [0.2, 0.25) is 0 Å². The van der Waals surface area contributed by atoms with Crippen molar-refractivity contribution in [2.24, 2.45) is 0 Å². The number of anilines is 3. The number of halogens is 5. The minimum Gasteiger partial charge on any atom is -0.351 e. The lowest BCUT2D eigenvalue weighted by atomic mass is 10.2. The van der Waals surface area contributed by atoms with E-state index in [4.69, 9.17) is 0 Å². The van der Waals surface area contributed by atoms with E-state index in [1.807, 2.05) is 0 Å². The van der Waals surface area contributed by atoms with Crippen LogP contribution >= 0.6 is 0 Å². The lowest BCUT2D eigenvalue weighted by Crippen LogP contribution is -2.15. The van der Waals surface area contributed by atoms with Gasteiger partial charge in [-0.3, -0.25) is 9.78 Å². The lowest BCUT2D eigenvalue weighted by molar-refractivity contribution is -0.137. The van der Waals surface area contributed by atoms with E-state index in [9.17, 15) is 26.7 Å². The van der Waals surface area contributed by atoms with Crippen molar-refractivity contribution >= 4 is 23.0 Å². The van der Waals surface area contributed by atoms with Crippen molar-refractivity contribution in [2.75, 3.05) is 10.6 Å². The van der Waals surface area contributed by atoms with Crippen molar-refractivity contribution < 1.29 is 26.7 Å². The molecule has 9 heteroatoms. The summed E-state index contributed by atoms with van der Waals surface area (Å²) in [4.78, 5) is 16.1. The van der Waals surface area contributed by atoms with Gasteiger partial charge in [-0.2, -0.15) is 13.2 Å². The third kappa shape index (κ3) is 4.43. The number of rotatable bonds is 4. The van der Waals surface area contributed by atoms with Crippen LogP contribution in [-0.2, 0) is 6.18 Å². The number of carbonyl (C=O) groups is 1. The molecule has 0 saturated heterocycles. The van der Waals surface area contributed by atoms with Crippen LogP contribution in [0.2, 0.25) is 0 Å². The Morgan fingerprint density at radius 3 is 2.25 bits per heavy atom. The molecular weight excluding hydrogens is 381 g/mol. The zero-order valence-corrected chi connectivity index (χ0v) is 14.0. The van der Waals surface area contributed by atoms with Gasteiger partial charge in [-0.1, -0.05) is 12.1 Å². The molecule has 0 aliphatic heterocycles. The highest BCUT2D eigenvalue weighted by Gasteiger charge is 2.30. The summed E-state index contributed by atoms with van der Waals surface area (Å²) in [7, 11) is 0. The van der Waals surface area contributed by atoms with Gasteiger partial charge >= 0.3 is 6.18 Å². The Morgan fingerprint density at radius 2 is 1.57 bits per heavy atom. The fourth-order valence-electron chi connectivity index (χ4n) is 2.36. The summed E-state index contributed by atoms with van der Waals surface area (Å²) in [5, 5.41) is 4.82. The molecule has 28 heavy (non-hydrogen) atoms. The van der Waals surface area contributed by atoms with Gasteiger partial charge in [-0.15, -0.1) is 0 Å². The number of para-hydroxylation sites is 1. The third-order valence-electron chi connectivity index (χ3n) is 3.67. The Balaban J connectivity index is 1.80. The Bertz CT molecular complexity index is 1000. The molecule has 1 amide bonds. The molecule has 3 rings (SSSR count). The standard InChI is InChI=1S/C19H12F5N3O/c20-14-5-2-6-15(21)17(14)26-13-7-8-25-16(10-13)18(28)27-12-4-1-3-11(9-12)19(22,23)24/h1-10H,(H,25,26)(H,27,28). The van der Waals surface area contributed by atoms with Crippen LogP contribution in [0.4, 0.5) is 39.0 Å². The molecule has 3 aromatic rings. The van der Waals surface area contributed by atoms with Crippen molar-refractivity contribution in [3.05, 3.63) is 83.7 Å². The number of hydrogen-bond donors (Lipinski definition) is 2. The molecule has 2 aromatic carbocycles. The number of aromatic nitrogens is 1. The van der Waals surface area contributed by atoms with E-state index >= 15 is 0 Å². The summed E-state index contributed by atoms with van der Waals surface area (Å²) in [6.07, 6.45) is -3.32. The molecule has 0 spiro atoms. The number of hydrogen-bond acceptors (Lipinski definition) is 3. The van der Waals surface area contributed by atoms with Crippen molar-refractivity contribution in [1.82, 2.24) is 4.98 Å². The van der Waals surface area contributed by atoms with Crippen LogP contribution in [0.25, 0.3) is 0 Å². The molecule has 1 aromatic heterocycles.